The van der Waals surface area contributed by atoms with E-state index in [-0.39, 0.29) is 12.1 Å². The fourth-order valence-corrected chi connectivity index (χ4v) is 3.35. The fraction of sp³-hybridized carbons (Fsp3) is 0.600. The summed E-state index contributed by atoms with van der Waals surface area (Å²) in [6.45, 7) is 1.23. The molecule has 2 amide bonds. The number of halogens is 4. The summed E-state index contributed by atoms with van der Waals surface area (Å²) in [5.41, 5.74) is -0.786. The van der Waals surface area contributed by atoms with Crippen molar-refractivity contribution in [2.75, 3.05) is 39.1 Å². The average molecular weight is 409 g/mol. The van der Waals surface area contributed by atoms with Crippen molar-refractivity contribution in [2.24, 2.45) is 0 Å². The molecule has 134 valence electrons. The smallest absolute Gasteiger partial charge is 0.354 e. The number of likely N-dealkylation sites (N-methyl/N-ethyl adjacent to an activating group) is 1. The molecule has 1 fully saturated rings. The molecule has 1 atom stereocenters. The van der Waals surface area contributed by atoms with Crippen LogP contribution >= 0.6 is 15.9 Å². The number of urea groups is 1. The van der Waals surface area contributed by atoms with E-state index >= 15 is 0 Å². The lowest BCUT2D eigenvalue weighted by atomic mass is 10.0. The zero-order chi connectivity index (χ0) is 18.1. The molecule has 1 saturated heterocycles. The molecule has 0 aliphatic carbocycles. The van der Waals surface area contributed by atoms with Crippen LogP contribution in [0.3, 0.4) is 0 Å². The molecular formula is C15H20BrF3N4O. The second-order valence-electron chi connectivity index (χ2n) is 6.06. The fourth-order valence-electron chi connectivity index (χ4n) is 2.75. The second kappa shape index (κ2) is 7.16. The van der Waals surface area contributed by atoms with Gasteiger partial charge in [-0.05, 0) is 34.8 Å². The van der Waals surface area contributed by atoms with E-state index in [4.69, 9.17) is 0 Å². The second-order valence-corrected chi connectivity index (χ2v) is 6.91. The van der Waals surface area contributed by atoms with Crippen LogP contribution < -0.4 is 4.90 Å². The minimum atomic E-state index is -4.42. The molecular weight excluding hydrogens is 389 g/mol. The van der Waals surface area contributed by atoms with Gasteiger partial charge >= 0.3 is 12.2 Å². The Bertz CT molecular complexity index is 609. The van der Waals surface area contributed by atoms with Crippen LogP contribution in [0.25, 0.3) is 0 Å². The molecule has 9 heteroatoms. The molecule has 0 N–H and O–H groups in total. The largest absolute Gasteiger partial charge is 0.417 e. The highest BCUT2D eigenvalue weighted by Gasteiger charge is 2.33. The van der Waals surface area contributed by atoms with Crippen molar-refractivity contribution in [1.29, 1.82) is 0 Å². The van der Waals surface area contributed by atoms with Gasteiger partial charge in [0.15, 0.2) is 0 Å². The number of rotatable bonds is 2. The van der Waals surface area contributed by atoms with Gasteiger partial charge in [0.25, 0.3) is 0 Å². The molecule has 1 aliphatic rings. The summed E-state index contributed by atoms with van der Waals surface area (Å²) in [6.07, 6.45) is -1.88. The Morgan fingerprint density at radius 1 is 1.38 bits per heavy atom. The lowest BCUT2D eigenvalue weighted by molar-refractivity contribution is -0.137. The number of carbonyl (C=O) groups is 1. The Labute approximate surface area is 147 Å². The van der Waals surface area contributed by atoms with Crippen molar-refractivity contribution in [1.82, 2.24) is 14.8 Å². The quantitative estimate of drug-likeness (QED) is 0.752. The van der Waals surface area contributed by atoms with Crippen LogP contribution in [0.4, 0.5) is 23.8 Å². The summed E-state index contributed by atoms with van der Waals surface area (Å²) in [5, 5.41) is 0. The third-order valence-electron chi connectivity index (χ3n) is 4.08. The normalized spacial score (nSPS) is 18.5. The Balaban J connectivity index is 2.16. The Morgan fingerprint density at radius 2 is 2.04 bits per heavy atom. The summed E-state index contributed by atoms with van der Waals surface area (Å²) in [5.74, 6) is 0.471. The number of alkyl halides is 3. The number of aromatic nitrogens is 1. The molecule has 0 radical (unpaired) electrons. The van der Waals surface area contributed by atoms with Crippen molar-refractivity contribution in [3.63, 3.8) is 0 Å². The van der Waals surface area contributed by atoms with E-state index in [2.05, 4.69) is 20.9 Å². The minimum Gasteiger partial charge on any atom is -0.354 e. The van der Waals surface area contributed by atoms with E-state index in [1.807, 2.05) is 4.90 Å². The Morgan fingerprint density at radius 3 is 2.58 bits per heavy atom. The van der Waals surface area contributed by atoms with Gasteiger partial charge in [0.05, 0.1) is 16.1 Å². The van der Waals surface area contributed by atoms with Crippen molar-refractivity contribution < 1.29 is 18.0 Å². The number of amides is 2. The first-order valence-electron chi connectivity index (χ1n) is 7.53. The molecule has 1 unspecified atom stereocenters. The highest BCUT2D eigenvalue weighted by Crippen LogP contribution is 2.34. The van der Waals surface area contributed by atoms with Crippen LogP contribution in [0.5, 0.6) is 0 Å². The number of pyridine rings is 1. The topological polar surface area (TPSA) is 39.7 Å². The summed E-state index contributed by atoms with van der Waals surface area (Å²) in [4.78, 5) is 21.2. The van der Waals surface area contributed by atoms with Gasteiger partial charge in [-0.3, -0.25) is 0 Å². The molecule has 5 nitrogen and oxygen atoms in total. The predicted molar refractivity (Wildman–Crippen MR) is 89.0 cm³/mol. The number of hydrogen-bond donors (Lipinski definition) is 0. The first-order chi connectivity index (χ1) is 11.1. The van der Waals surface area contributed by atoms with Gasteiger partial charge in [-0.25, -0.2) is 9.78 Å². The van der Waals surface area contributed by atoms with Crippen LogP contribution in [-0.2, 0) is 6.18 Å². The highest BCUT2D eigenvalue weighted by atomic mass is 79.9. The lowest BCUT2D eigenvalue weighted by Crippen LogP contribution is -2.51. The van der Waals surface area contributed by atoms with Crippen molar-refractivity contribution in [3.05, 3.63) is 22.3 Å². The van der Waals surface area contributed by atoms with E-state index < -0.39 is 11.7 Å². The summed E-state index contributed by atoms with van der Waals surface area (Å²) in [7, 11) is 5.12. The third-order valence-corrected chi connectivity index (χ3v) is 4.66. The van der Waals surface area contributed by atoms with Crippen LogP contribution in [0.15, 0.2) is 16.7 Å². The molecule has 1 aromatic rings. The molecule has 1 aliphatic heterocycles. The maximum Gasteiger partial charge on any atom is 0.417 e. The molecule has 0 saturated carbocycles. The number of piperidine rings is 1. The number of carbonyl (C=O) groups excluding carboxylic acids is 1. The third kappa shape index (κ3) is 4.12. The predicted octanol–water partition coefficient (Wildman–Crippen LogP) is 3.45. The lowest BCUT2D eigenvalue weighted by Gasteiger charge is -2.39. The highest BCUT2D eigenvalue weighted by molar-refractivity contribution is 9.10. The van der Waals surface area contributed by atoms with Gasteiger partial charge < -0.3 is 14.7 Å². The molecule has 0 spiro atoms. The monoisotopic (exact) mass is 408 g/mol. The molecule has 0 aromatic carbocycles. The molecule has 1 aromatic heterocycles. The number of nitrogens with zero attached hydrogens (tertiary/aromatic N) is 4. The van der Waals surface area contributed by atoms with Gasteiger partial charge in [0.1, 0.15) is 5.82 Å². The maximum absolute atomic E-state index is 12.8. The van der Waals surface area contributed by atoms with Crippen LogP contribution in [-0.4, -0.2) is 61.1 Å². The van der Waals surface area contributed by atoms with E-state index in [0.29, 0.717) is 23.4 Å². The standard InChI is InChI=1S/C15H20BrF3N4O/c1-21(2)14(24)22(3)11-5-4-6-23(9-11)13-12(16)7-10(8-20-13)15(17,18)19/h7-8,11H,4-6,9H2,1-3H3. The molecule has 0 bridgehead atoms. The maximum atomic E-state index is 12.8. The van der Waals surface area contributed by atoms with Crippen LogP contribution in [0.1, 0.15) is 18.4 Å². The van der Waals surface area contributed by atoms with E-state index in [0.717, 1.165) is 25.1 Å². The SMILES string of the molecule is CN(C)C(=O)N(C)C1CCCN(c2ncc(C(F)(F)F)cc2Br)C1. The summed E-state index contributed by atoms with van der Waals surface area (Å²) < 4.78 is 38.6. The van der Waals surface area contributed by atoms with Crippen molar-refractivity contribution >= 4 is 27.8 Å². The first kappa shape index (κ1) is 18.8. The van der Waals surface area contributed by atoms with Gasteiger partial charge in [-0.15, -0.1) is 0 Å². The average Bonchev–Trinajstić information content (AvgIpc) is 2.52. The van der Waals surface area contributed by atoms with Gasteiger partial charge in [0, 0.05) is 40.4 Å². The number of anilines is 1. The van der Waals surface area contributed by atoms with E-state index in [9.17, 15) is 18.0 Å². The van der Waals surface area contributed by atoms with Gasteiger partial charge in [-0.1, -0.05) is 0 Å². The van der Waals surface area contributed by atoms with Gasteiger partial charge in [0.2, 0.25) is 0 Å². The molecule has 2 rings (SSSR count). The van der Waals surface area contributed by atoms with Gasteiger partial charge in [-0.2, -0.15) is 13.2 Å². The van der Waals surface area contributed by atoms with Crippen molar-refractivity contribution in [2.45, 2.75) is 25.1 Å². The summed E-state index contributed by atoms with van der Waals surface area (Å²) >= 11 is 3.19. The summed E-state index contributed by atoms with van der Waals surface area (Å²) in [6, 6.07) is 0.937. The van der Waals surface area contributed by atoms with Crippen molar-refractivity contribution in [3.8, 4) is 0 Å². The van der Waals surface area contributed by atoms with E-state index in [1.54, 1.807) is 26.0 Å². The zero-order valence-corrected chi connectivity index (χ0v) is 15.4. The van der Waals surface area contributed by atoms with Crippen LogP contribution in [0.2, 0.25) is 0 Å². The zero-order valence-electron chi connectivity index (χ0n) is 13.8. The minimum absolute atomic E-state index is 0.00959. The Hall–Kier alpha value is -1.51. The molecule has 24 heavy (non-hydrogen) atoms. The molecule has 2 heterocycles. The Kier molecular flexibility index (Phi) is 5.62. The first-order valence-corrected chi connectivity index (χ1v) is 8.32. The number of hydrogen-bond acceptors (Lipinski definition) is 3. The van der Waals surface area contributed by atoms with E-state index in [1.165, 1.54) is 4.90 Å². The van der Waals surface area contributed by atoms with Crippen LogP contribution in [0, 0.1) is 0 Å².